The zero-order valence-corrected chi connectivity index (χ0v) is 11.7. The normalized spacial score (nSPS) is 8.12. The van der Waals surface area contributed by atoms with Crippen molar-refractivity contribution in [3.63, 3.8) is 0 Å². The molecule has 0 aliphatic heterocycles. The monoisotopic (exact) mass is 274 g/mol. The Balaban J connectivity index is -0.000000218. The van der Waals surface area contributed by atoms with Crippen LogP contribution in [0.1, 0.15) is 39.5 Å². The summed E-state index contributed by atoms with van der Waals surface area (Å²) >= 11 is 8.93. The molecule has 0 aromatic carbocycles. The summed E-state index contributed by atoms with van der Waals surface area (Å²) in [6.07, 6.45) is 4.28. The van der Waals surface area contributed by atoms with E-state index in [4.69, 9.17) is 20.9 Å². The molecule has 4 nitrogen and oxygen atoms in total. The Morgan fingerprint density at radius 1 is 0.882 bits per heavy atom. The first-order valence-corrected chi connectivity index (χ1v) is 6.20. The first kappa shape index (κ1) is 22.2. The van der Waals surface area contributed by atoms with Crippen molar-refractivity contribution < 1.29 is 9.47 Å². The van der Waals surface area contributed by atoms with E-state index in [0.29, 0.717) is 13.2 Å². The summed E-state index contributed by atoms with van der Waals surface area (Å²) in [5.41, 5.74) is 10.1. The second-order valence-corrected chi connectivity index (χ2v) is 3.85. The Kier molecular flexibility index (Phi) is 23.9. The number of nitrogens with two attached hydrogens (primary N) is 2. The van der Waals surface area contributed by atoms with Crippen molar-refractivity contribution in [3.05, 3.63) is 0 Å². The maximum atomic E-state index is 5.04. The Hall–Kier alpha value is -0.0226. The molecule has 0 bridgehead atoms. The van der Waals surface area contributed by atoms with Gasteiger partial charge in [-0.25, -0.2) is 0 Å². The zero-order valence-electron chi connectivity index (χ0n) is 10.0. The van der Waals surface area contributed by atoms with Gasteiger partial charge in [0.25, 0.3) is 10.3 Å². The molecule has 0 atom stereocenters. The van der Waals surface area contributed by atoms with Crippen LogP contribution in [0.2, 0.25) is 0 Å². The van der Waals surface area contributed by atoms with E-state index in [-0.39, 0.29) is 29.2 Å². The molecule has 0 saturated heterocycles. The Labute approximate surface area is 127 Å². The van der Waals surface area contributed by atoms with Crippen LogP contribution in [-0.4, -0.2) is 42.4 Å². The fourth-order valence-corrected chi connectivity index (χ4v) is 0.801. The van der Waals surface area contributed by atoms with Gasteiger partial charge in [-0.3, -0.25) is 0 Å². The minimum atomic E-state index is 0. The SMILES string of the molecule is CCCCOC(N)=S.CCCCOC(N)=S.[LiH]. The van der Waals surface area contributed by atoms with Crippen LogP contribution in [0, 0.1) is 0 Å². The molecule has 0 aromatic heterocycles. The molecular weight excluding hydrogens is 251 g/mol. The number of rotatable bonds is 6. The predicted octanol–water partition coefficient (Wildman–Crippen LogP) is 1.44. The second kappa shape index (κ2) is 18.3. The Morgan fingerprint density at radius 3 is 1.35 bits per heavy atom. The second-order valence-electron chi connectivity index (χ2n) is 3.04. The fraction of sp³-hybridized carbons (Fsp3) is 0.800. The van der Waals surface area contributed by atoms with Crippen molar-refractivity contribution in [2.45, 2.75) is 39.5 Å². The predicted molar refractivity (Wildman–Crippen MR) is 82.4 cm³/mol. The molecule has 0 spiro atoms. The van der Waals surface area contributed by atoms with E-state index < -0.39 is 0 Å². The minimum absolute atomic E-state index is 0. The van der Waals surface area contributed by atoms with E-state index >= 15 is 0 Å². The summed E-state index contributed by atoms with van der Waals surface area (Å²) in [7, 11) is 0. The van der Waals surface area contributed by atoms with Gasteiger partial charge in [-0.2, -0.15) is 0 Å². The summed E-state index contributed by atoms with van der Waals surface area (Å²) in [5.74, 6) is 0. The van der Waals surface area contributed by atoms with Crippen LogP contribution in [0.4, 0.5) is 0 Å². The average Bonchev–Trinajstić information content (AvgIpc) is 2.18. The van der Waals surface area contributed by atoms with Crippen molar-refractivity contribution in [1.82, 2.24) is 0 Å². The molecule has 0 saturated carbocycles. The van der Waals surface area contributed by atoms with Gasteiger partial charge >= 0.3 is 18.9 Å². The molecule has 0 fully saturated rings. The molecule has 0 unspecified atom stereocenters. The molecule has 4 N–H and O–H groups in total. The van der Waals surface area contributed by atoms with Crippen LogP contribution >= 0.6 is 24.4 Å². The van der Waals surface area contributed by atoms with E-state index in [9.17, 15) is 0 Å². The molecule has 7 heteroatoms. The number of hydrogen-bond acceptors (Lipinski definition) is 4. The van der Waals surface area contributed by atoms with Crippen LogP contribution in [0.25, 0.3) is 0 Å². The van der Waals surface area contributed by atoms with E-state index in [2.05, 4.69) is 38.3 Å². The quantitative estimate of drug-likeness (QED) is 0.434. The molecule has 0 heterocycles. The van der Waals surface area contributed by atoms with Crippen LogP contribution in [-0.2, 0) is 9.47 Å². The molecular formula is C10H23LiN2O2S2. The third kappa shape index (κ3) is 31.4. The Bertz CT molecular complexity index is 175. The van der Waals surface area contributed by atoms with Gasteiger partial charge in [-0.05, 0) is 37.3 Å². The van der Waals surface area contributed by atoms with Gasteiger partial charge in [0.2, 0.25) is 0 Å². The molecule has 17 heavy (non-hydrogen) atoms. The van der Waals surface area contributed by atoms with Crippen LogP contribution in [0.5, 0.6) is 0 Å². The Morgan fingerprint density at radius 2 is 1.18 bits per heavy atom. The van der Waals surface area contributed by atoms with Crippen LogP contribution in [0.15, 0.2) is 0 Å². The number of hydrogen-bond donors (Lipinski definition) is 2. The molecule has 0 aromatic rings. The van der Waals surface area contributed by atoms with Crippen LogP contribution in [0.3, 0.4) is 0 Å². The number of ether oxygens (including phenoxy) is 2. The van der Waals surface area contributed by atoms with Crippen molar-refractivity contribution in [2.75, 3.05) is 13.2 Å². The van der Waals surface area contributed by atoms with Crippen molar-refractivity contribution >= 4 is 53.6 Å². The van der Waals surface area contributed by atoms with Crippen molar-refractivity contribution in [1.29, 1.82) is 0 Å². The van der Waals surface area contributed by atoms with Gasteiger partial charge in [0, 0.05) is 0 Å². The molecule has 0 radical (unpaired) electrons. The van der Waals surface area contributed by atoms with Crippen molar-refractivity contribution in [3.8, 4) is 0 Å². The molecule has 0 rings (SSSR count). The van der Waals surface area contributed by atoms with Gasteiger partial charge in [0.1, 0.15) is 0 Å². The van der Waals surface area contributed by atoms with E-state index in [1.165, 1.54) is 0 Å². The van der Waals surface area contributed by atoms with Gasteiger partial charge < -0.3 is 20.9 Å². The molecule has 0 aliphatic carbocycles. The van der Waals surface area contributed by atoms with Crippen molar-refractivity contribution in [2.24, 2.45) is 11.5 Å². The standard InChI is InChI=1S/2C5H11NOS.Li.H/c2*1-2-3-4-7-5(6)8;;/h2*2-4H2,1H3,(H2,6,8);;. The van der Waals surface area contributed by atoms with E-state index in [1.807, 2.05) is 0 Å². The third-order valence-electron chi connectivity index (χ3n) is 1.48. The molecule has 0 aliphatic rings. The average molecular weight is 274 g/mol. The zero-order chi connectivity index (χ0) is 12.8. The number of unbranched alkanes of at least 4 members (excludes halogenated alkanes) is 2. The van der Waals surface area contributed by atoms with Gasteiger partial charge in [-0.1, -0.05) is 26.7 Å². The summed E-state index contributed by atoms with van der Waals surface area (Å²) in [4.78, 5) is 0. The summed E-state index contributed by atoms with van der Waals surface area (Å²) in [6.45, 7) is 5.49. The molecule has 0 amide bonds. The van der Waals surface area contributed by atoms with Crippen LogP contribution < -0.4 is 11.5 Å². The summed E-state index contributed by atoms with van der Waals surface area (Å²) in [5, 5.41) is 0.303. The fourth-order valence-electron chi connectivity index (χ4n) is 0.634. The summed E-state index contributed by atoms with van der Waals surface area (Å²) < 4.78 is 9.58. The maximum absolute atomic E-state index is 5.04. The third-order valence-corrected chi connectivity index (χ3v) is 1.72. The van der Waals surface area contributed by atoms with Gasteiger partial charge in [-0.15, -0.1) is 0 Å². The summed E-state index contributed by atoms with van der Waals surface area (Å²) in [6, 6.07) is 0. The van der Waals surface area contributed by atoms with E-state index in [0.717, 1.165) is 25.7 Å². The van der Waals surface area contributed by atoms with E-state index in [1.54, 1.807) is 0 Å². The van der Waals surface area contributed by atoms with Gasteiger partial charge in [0.05, 0.1) is 13.2 Å². The van der Waals surface area contributed by atoms with Gasteiger partial charge in [0.15, 0.2) is 0 Å². The first-order valence-electron chi connectivity index (χ1n) is 5.39. The number of thiocarbonyl (C=S) groups is 2. The molecule has 98 valence electrons. The topological polar surface area (TPSA) is 70.5 Å². The first-order chi connectivity index (χ1) is 7.54.